The van der Waals surface area contributed by atoms with Crippen LogP contribution >= 0.6 is 0 Å². The molecule has 0 aliphatic heterocycles. The molecule has 0 saturated carbocycles. The lowest BCUT2D eigenvalue weighted by Gasteiger charge is -2.11. The maximum atomic E-state index is 13.2. The van der Waals surface area contributed by atoms with Gasteiger partial charge in [0.25, 0.3) is 0 Å². The highest BCUT2D eigenvalue weighted by Gasteiger charge is 2.41. The Bertz CT molecular complexity index is 718. The molecule has 6 nitrogen and oxygen atoms in total. The Morgan fingerprint density at radius 1 is 1.43 bits per heavy atom. The van der Waals surface area contributed by atoms with Crippen molar-refractivity contribution in [2.45, 2.75) is 13.1 Å². The van der Waals surface area contributed by atoms with Crippen molar-refractivity contribution < 1.29 is 22.7 Å². The number of carbonyl (C=O) groups is 1. The number of H-pyrrole nitrogens is 1. The lowest BCUT2D eigenvalue weighted by Crippen LogP contribution is -2.20. The topological polar surface area (TPSA) is 77.0 Å². The van der Waals surface area contributed by atoms with Crippen LogP contribution in [0.15, 0.2) is 29.2 Å². The number of hydrogen-bond acceptors (Lipinski definition) is 4. The lowest BCUT2D eigenvalue weighted by atomic mass is 10.2. The van der Waals surface area contributed by atoms with E-state index in [4.69, 9.17) is 0 Å². The van der Waals surface area contributed by atoms with E-state index in [1.807, 2.05) is 0 Å². The highest BCUT2D eigenvalue weighted by atomic mass is 19.4. The number of alkyl halides is 3. The van der Waals surface area contributed by atoms with Crippen molar-refractivity contribution in [2.75, 3.05) is 6.61 Å². The molecule has 2 aromatic rings. The lowest BCUT2D eigenvalue weighted by molar-refractivity contribution is -0.143. The van der Waals surface area contributed by atoms with Gasteiger partial charge in [-0.15, -0.1) is 0 Å². The molecule has 9 heteroatoms. The predicted molar refractivity (Wildman–Crippen MR) is 65.1 cm³/mol. The Hall–Kier alpha value is -2.58. The van der Waals surface area contributed by atoms with E-state index in [0.717, 1.165) is 12.3 Å². The molecular formula is C12H10F3N3O3. The van der Waals surface area contributed by atoms with Crippen LogP contribution < -0.4 is 5.56 Å². The number of nitrogens with one attached hydrogen (secondary N) is 1. The fourth-order valence-electron chi connectivity index (χ4n) is 1.72. The summed E-state index contributed by atoms with van der Waals surface area (Å²) in [6, 6.07) is 3.66. The van der Waals surface area contributed by atoms with Gasteiger partial charge in [-0.05, 0) is 13.0 Å². The van der Waals surface area contributed by atoms with E-state index >= 15 is 0 Å². The predicted octanol–water partition coefficient (Wildman–Crippen LogP) is 1.76. The van der Waals surface area contributed by atoms with Crippen LogP contribution in [0.1, 0.15) is 23.0 Å². The van der Waals surface area contributed by atoms with Gasteiger partial charge in [0.2, 0.25) is 5.56 Å². The molecule has 0 aliphatic carbocycles. The van der Waals surface area contributed by atoms with Gasteiger partial charge >= 0.3 is 12.1 Å². The minimum absolute atomic E-state index is 0.0660. The largest absolute Gasteiger partial charge is 0.462 e. The molecule has 0 spiro atoms. The van der Waals surface area contributed by atoms with Crippen molar-refractivity contribution in [3.05, 3.63) is 46.0 Å². The van der Waals surface area contributed by atoms with Crippen molar-refractivity contribution in [1.29, 1.82) is 0 Å². The number of pyridine rings is 1. The number of carbonyl (C=O) groups excluding carboxylic acids is 1. The third-order valence-corrected chi connectivity index (χ3v) is 2.51. The van der Waals surface area contributed by atoms with Gasteiger partial charge in [0.1, 0.15) is 11.4 Å². The van der Waals surface area contributed by atoms with Crippen LogP contribution in [0.3, 0.4) is 0 Å². The summed E-state index contributed by atoms with van der Waals surface area (Å²) in [6.45, 7) is 1.41. The first-order chi connectivity index (χ1) is 9.84. The van der Waals surface area contributed by atoms with Crippen LogP contribution in [-0.2, 0) is 10.9 Å². The van der Waals surface area contributed by atoms with Gasteiger partial charge in [-0.25, -0.2) is 9.48 Å². The van der Waals surface area contributed by atoms with Crippen LogP contribution in [0.25, 0.3) is 5.82 Å². The molecule has 0 unspecified atom stereocenters. The standard InChI is InChI=1S/C12H10F3N3O3/c1-2-21-11(20)7-6-16-18(10(7)12(13,14)15)8-4-3-5-9(19)17-8/h3-6H,2H2,1H3,(H,17,19). The van der Waals surface area contributed by atoms with Crippen molar-refractivity contribution in [3.8, 4) is 5.82 Å². The zero-order valence-electron chi connectivity index (χ0n) is 10.8. The molecule has 0 amide bonds. The zero-order chi connectivity index (χ0) is 15.6. The monoisotopic (exact) mass is 301 g/mol. The second-order valence-electron chi connectivity index (χ2n) is 3.94. The number of rotatable bonds is 3. The van der Waals surface area contributed by atoms with Gasteiger partial charge in [-0.2, -0.15) is 18.3 Å². The first-order valence-corrected chi connectivity index (χ1v) is 5.86. The smallest absolute Gasteiger partial charge is 0.434 e. The Kier molecular flexibility index (Phi) is 3.83. The molecule has 21 heavy (non-hydrogen) atoms. The molecule has 1 N–H and O–H groups in total. The maximum Gasteiger partial charge on any atom is 0.434 e. The molecule has 0 bridgehead atoms. The Morgan fingerprint density at radius 3 is 2.71 bits per heavy atom. The van der Waals surface area contributed by atoms with Crippen molar-refractivity contribution in [2.24, 2.45) is 0 Å². The number of nitrogens with zero attached hydrogens (tertiary/aromatic N) is 2. The molecule has 0 aromatic carbocycles. The molecular weight excluding hydrogens is 291 g/mol. The number of hydrogen-bond donors (Lipinski definition) is 1. The Labute approximate surface area is 116 Å². The summed E-state index contributed by atoms with van der Waals surface area (Å²) in [5, 5.41) is 3.52. The van der Waals surface area contributed by atoms with E-state index < -0.39 is 29.0 Å². The van der Waals surface area contributed by atoms with E-state index in [9.17, 15) is 22.8 Å². The number of aromatic amines is 1. The molecule has 0 aliphatic rings. The molecule has 0 saturated heterocycles. The van der Waals surface area contributed by atoms with Crippen molar-refractivity contribution in [3.63, 3.8) is 0 Å². The van der Waals surface area contributed by atoms with E-state index in [1.165, 1.54) is 19.1 Å². The second-order valence-corrected chi connectivity index (χ2v) is 3.94. The van der Waals surface area contributed by atoms with Gasteiger partial charge < -0.3 is 9.72 Å². The van der Waals surface area contributed by atoms with Crippen LogP contribution in [0, 0.1) is 0 Å². The van der Waals surface area contributed by atoms with Crippen LogP contribution in [0.4, 0.5) is 13.2 Å². The minimum Gasteiger partial charge on any atom is -0.462 e. The molecule has 0 radical (unpaired) electrons. The number of esters is 1. The number of halogens is 3. The van der Waals surface area contributed by atoms with Gasteiger partial charge in [0.05, 0.1) is 12.8 Å². The average Bonchev–Trinajstić information content (AvgIpc) is 2.83. The van der Waals surface area contributed by atoms with E-state index in [-0.39, 0.29) is 12.4 Å². The van der Waals surface area contributed by atoms with Crippen LogP contribution in [-0.4, -0.2) is 27.3 Å². The van der Waals surface area contributed by atoms with Gasteiger partial charge in [0.15, 0.2) is 5.69 Å². The summed E-state index contributed by atoms with van der Waals surface area (Å²) in [7, 11) is 0. The van der Waals surface area contributed by atoms with Crippen LogP contribution in [0.5, 0.6) is 0 Å². The van der Waals surface area contributed by atoms with Gasteiger partial charge in [0, 0.05) is 6.07 Å². The molecule has 2 rings (SSSR count). The first-order valence-electron chi connectivity index (χ1n) is 5.86. The minimum atomic E-state index is -4.84. The summed E-state index contributed by atoms with van der Waals surface area (Å²) in [5.74, 6) is -1.33. The summed E-state index contributed by atoms with van der Waals surface area (Å²) < 4.78 is 44.5. The van der Waals surface area contributed by atoms with E-state index in [0.29, 0.717) is 4.68 Å². The Balaban J connectivity index is 2.63. The van der Waals surface area contributed by atoms with Gasteiger partial charge in [-0.1, -0.05) is 6.07 Å². The highest BCUT2D eigenvalue weighted by molar-refractivity contribution is 5.90. The fourth-order valence-corrected chi connectivity index (χ4v) is 1.72. The summed E-state index contributed by atoms with van der Waals surface area (Å²) in [6.07, 6.45) is -4.09. The Morgan fingerprint density at radius 2 is 2.14 bits per heavy atom. The third kappa shape index (κ3) is 2.96. The number of ether oxygens (including phenoxy) is 1. The second kappa shape index (κ2) is 5.43. The SMILES string of the molecule is CCOC(=O)c1cnn(-c2cccc(=O)[nH]2)c1C(F)(F)F. The summed E-state index contributed by atoms with van der Waals surface area (Å²) in [5.41, 5.74) is -2.61. The average molecular weight is 301 g/mol. The number of aromatic nitrogens is 3. The molecule has 2 heterocycles. The normalized spacial score (nSPS) is 11.4. The third-order valence-electron chi connectivity index (χ3n) is 2.51. The summed E-state index contributed by atoms with van der Waals surface area (Å²) in [4.78, 5) is 25.0. The molecule has 0 atom stereocenters. The molecule has 0 fully saturated rings. The van der Waals surface area contributed by atoms with Crippen LogP contribution in [0.2, 0.25) is 0 Å². The highest BCUT2D eigenvalue weighted by Crippen LogP contribution is 2.33. The maximum absolute atomic E-state index is 13.2. The van der Waals surface area contributed by atoms with E-state index in [1.54, 1.807) is 0 Å². The quantitative estimate of drug-likeness (QED) is 0.876. The van der Waals surface area contributed by atoms with Crippen molar-refractivity contribution >= 4 is 5.97 Å². The molecule has 2 aromatic heterocycles. The van der Waals surface area contributed by atoms with Crippen molar-refractivity contribution in [1.82, 2.24) is 14.8 Å². The summed E-state index contributed by atoms with van der Waals surface area (Å²) >= 11 is 0. The zero-order valence-corrected chi connectivity index (χ0v) is 10.8. The van der Waals surface area contributed by atoms with Gasteiger partial charge in [-0.3, -0.25) is 4.79 Å². The fraction of sp³-hybridized carbons (Fsp3) is 0.250. The molecule has 112 valence electrons. The van der Waals surface area contributed by atoms with E-state index in [2.05, 4.69) is 14.8 Å². The first kappa shape index (κ1) is 14.8.